The minimum Gasteiger partial charge on any atom is -0.494 e. The summed E-state index contributed by atoms with van der Waals surface area (Å²) in [6.45, 7) is 5.43. The van der Waals surface area contributed by atoms with Gasteiger partial charge in [0, 0.05) is 6.61 Å². The molecular weight excluding hydrogens is 284 g/mol. The first-order valence-electron chi connectivity index (χ1n) is 7.86. The minimum absolute atomic E-state index is 0.0921. The van der Waals surface area contributed by atoms with Crippen LogP contribution in [0.2, 0.25) is 0 Å². The lowest BCUT2D eigenvalue weighted by Gasteiger charge is -2.23. The van der Waals surface area contributed by atoms with E-state index in [1.165, 1.54) is 0 Å². The largest absolute Gasteiger partial charge is 0.494 e. The lowest BCUT2D eigenvalue weighted by molar-refractivity contribution is -0.149. The summed E-state index contributed by atoms with van der Waals surface area (Å²) in [5.41, 5.74) is 0. The van der Waals surface area contributed by atoms with Crippen LogP contribution in [0.25, 0.3) is 0 Å². The van der Waals surface area contributed by atoms with Crippen LogP contribution in [0.1, 0.15) is 33.1 Å². The van der Waals surface area contributed by atoms with Crippen molar-refractivity contribution in [2.75, 3.05) is 19.8 Å². The van der Waals surface area contributed by atoms with Gasteiger partial charge >= 0.3 is 5.97 Å². The van der Waals surface area contributed by atoms with Crippen molar-refractivity contribution in [3.63, 3.8) is 0 Å². The Balaban J connectivity index is 1.75. The summed E-state index contributed by atoms with van der Waals surface area (Å²) in [7, 11) is 0. The van der Waals surface area contributed by atoms with E-state index in [0.29, 0.717) is 19.0 Å². The van der Waals surface area contributed by atoms with E-state index in [4.69, 9.17) is 18.9 Å². The maximum absolute atomic E-state index is 12.0. The number of hydrogen-bond donors (Lipinski definition) is 0. The molecule has 0 bridgehead atoms. The van der Waals surface area contributed by atoms with E-state index in [2.05, 4.69) is 0 Å². The zero-order chi connectivity index (χ0) is 15.8. The first kappa shape index (κ1) is 16.8. The molecule has 0 spiro atoms. The van der Waals surface area contributed by atoms with Crippen molar-refractivity contribution in [2.24, 2.45) is 0 Å². The lowest BCUT2D eigenvalue weighted by Crippen LogP contribution is -2.31. The zero-order valence-electron chi connectivity index (χ0n) is 13.2. The van der Waals surface area contributed by atoms with Gasteiger partial charge in [0.15, 0.2) is 6.10 Å². The van der Waals surface area contributed by atoms with Crippen LogP contribution in [-0.2, 0) is 14.3 Å². The summed E-state index contributed by atoms with van der Waals surface area (Å²) < 4.78 is 21.8. The van der Waals surface area contributed by atoms with E-state index in [0.717, 1.165) is 31.6 Å². The molecule has 22 heavy (non-hydrogen) atoms. The molecule has 1 aliphatic rings. The van der Waals surface area contributed by atoms with Gasteiger partial charge in [-0.05, 0) is 57.4 Å². The van der Waals surface area contributed by atoms with Crippen molar-refractivity contribution < 1.29 is 23.7 Å². The predicted octanol–water partition coefficient (Wildman–Crippen LogP) is 2.96. The van der Waals surface area contributed by atoms with Gasteiger partial charge in [-0.2, -0.15) is 0 Å². The van der Waals surface area contributed by atoms with Crippen LogP contribution in [0, 0.1) is 0 Å². The number of esters is 1. The summed E-state index contributed by atoms with van der Waals surface area (Å²) in [5, 5.41) is 0. The van der Waals surface area contributed by atoms with E-state index < -0.39 is 12.1 Å². The zero-order valence-corrected chi connectivity index (χ0v) is 13.2. The highest BCUT2D eigenvalue weighted by molar-refractivity contribution is 5.76. The number of carbonyl (C=O) groups excluding carboxylic acids is 1. The summed E-state index contributed by atoms with van der Waals surface area (Å²) in [4.78, 5) is 12.0. The molecular formula is C17H24O5. The molecule has 0 aliphatic carbocycles. The molecule has 2 rings (SSSR count). The molecule has 1 heterocycles. The smallest absolute Gasteiger partial charge is 0.340 e. The van der Waals surface area contributed by atoms with Gasteiger partial charge < -0.3 is 18.9 Å². The highest BCUT2D eigenvalue weighted by atomic mass is 16.6. The third-order valence-corrected chi connectivity index (χ3v) is 3.49. The molecule has 0 aromatic heterocycles. The summed E-state index contributed by atoms with van der Waals surface area (Å²) in [5.74, 6) is 0.832. The second kappa shape index (κ2) is 8.76. The van der Waals surface area contributed by atoms with Crippen molar-refractivity contribution in [1.29, 1.82) is 0 Å². The molecule has 1 aromatic rings. The minimum atomic E-state index is -0.614. The number of carbonyl (C=O) groups is 1. The highest BCUT2D eigenvalue weighted by Gasteiger charge is 2.20. The van der Waals surface area contributed by atoms with Gasteiger partial charge in [0.2, 0.25) is 0 Å². The molecule has 5 nitrogen and oxygen atoms in total. The molecule has 1 aromatic carbocycles. The maximum atomic E-state index is 12.0. The fraction of sp³-hybridized carbons (Fsp3) is 0.588. The maximum Gasteiger partial charge on any atom is 0.340 e. The third-order valence-electron chi connectivity index (χ3n) is 3.49. The summed E-state index contributed by atoms with van der Waals surface area (Å²) in [6.07, 6.45) is 2.72. The van der Waals surface area contributed by atoms with Crippen LogP contribution in [0.5, 0.6) is 11.5 Å². The van der Waals surface area contributed by atoms with Crippen molar-refractivity contribution in [3.05, 3.63) is 24.3 Å². The van der Waals surface area contributed by atoms with Gasteiger partial charge in [0.1, 0.15) is 11.5 Å². The van der Waals surface area contributed by atoms with Crippen LogP contribution in [0.15, 0.2) is 24.3 Å². The molecule has 0 N–H and O–H groups in total. The fourth-order valence-electron chi connectivity index (χ4n) is 2.23. The molecule has 0 radical (unpaired) electrons. The van der Waals surface area contributed by atoms with Crippen molar-refractivity contribution in [3.8, 4) is 11.5 Å². The molecule has 1 saturated heterocycles. The molecule has 122 valence electrons. The van der Waals surface area contributed by atoms with E-state index in [1.807, 2.05) is 6.92 Å². The summed E-state index contributed by atoms with van der Waals surface area (Å²) in [6, 6.07) is 6.96. The highest BCUT2D eigenvalue weighted by Crippen LogP contribution is 2.18. The van der Waals surface area contributed by atoms with Crippen LogP contribution in [0.4, 0.5) is 0 Å². The van der Waals surface area contributed by atoms with Gasteiger partial charge in [-0.25, -0.2) is 4.79 Å². The monoisotopic (exact) mass is 308 g/mol. The second-order valence-electron chi connectivity index (χ2n) is 5.29. The molecule has 0 saturated carbocycles. The Hall–Kier alpha value is -1.59. The number of benzene rings is 1. The first-order chi connectivity index (χ1) is 10.7. The Morgan fingerprint density at radius 1 is 1.27 bits per heavy atom. The van der Waals surface area contributed by atoms with Crippen molar-refractivity contribution in [1.82, 2.24) is 0 Å². The standard InChI is InChI=1S/C17H24O5/c1-3-19-14-7-9-15(10-8-14)22-17(18)13(2)21-12-16-6-4-5-11-20-16/h7-10,13,16H,3-6,11-12H2,1-2H3. The number of hydrogen-bond acceptors (Lipinski definition) is 5. The van der Waals surface area contributed by atoms with Crippen molar-refractivity contribution in [2.45, 2.75) is 45.3 Å². The summed E-state index contributed by atoms with van der Waals surface area (Å²) >= 11 is 0. The van der Waals surface area contributed by atoms with Gasteiger partial charge in [0.05, 0.1) is 19.3 Å². The Kier molecular flexibility index (Phi) is 6.68. The Labute approximate surface area is 131 Å². The van der Waals surface area contributed by atoms with Crippen LogP contribution in [0.3, 0.4) is 0 Å². The van der Waals surface area contributed by atoms with E-state index in [9.17, 15) is 4.79 Å². The second-order valence-corrected chi connectivity index (χ2v) is 5.29. The predicted molar refractivity (Wildman–Crippen MR) is 82.3 cm³/mol. The Bertz CT molecular complexity index is 451. The molecule has 5 heteroatoms. The first-order valence-corrected chi connectivity index (χ1v) is 7.86. The molecule has 2 unspecified atom stereocenters. The SMILES string of the molecule is CCOc1ccc(OC(=O)C(C)OCC2CCCCO2)cc1. The Morgan fingerprint density at radius 2 is 2.00 bits per heavy atom. The number of ether oxygens (including phenoxy) is 4. The van der Waals surface area contributed by atoms with E-state index in [1.54, 1.807) is 31.2 Å². The lowest BCUT2D eigenvalue weighted by atomic mass is 10.1. The van der Waals surface area contributed by atoms with Gasteiger partial charge in [-0.1, -0.05) is 0 Å². The van der Waals surface area contributed by atoms with Gasteiger partial charge in [-0.15, -0.1) is 0 Å². The number of rotatable bonds is 7. The molecule has 1 fully saturated rings. The van der Waals surface area contributed by atoms with Crippen molar-refractivity contribution >= 4 is 5.97 Å². The quantitative estimate of drug-likeness (QED) is 0.572. The average molecular weight is 308 g/mol. The van der Waals surface area contributed by atoms with E-state index in [-0.39, 0.29) is 6.10 Å². The Morgan fingerprint density at radius 3 is 2.64 bits per heavy atom. The average Bonchev–Trinajstić information content (AvgIpc) is 2.55. The molecule has 1 aliphatic heterocycles. The van der Waals surface area contributed by atoms with Crippen LogP contribution >= 0.6 is 0 Å². The van der Waals surface area contributed by atoms with Crippen LogP contribution in [-0.4, -0.2) is 38.0 Å². The topological polar surface area (TPSA) is 54.0 Å². The van der Waals surface area contributed by atoms with Gasteiger partial charge in [0.25, 0.3) is 0 Å². The molecule has 2 atom stereocenters. The van der Waals surface area contributed by atoms with Crippen LogP contribution < -0.4 is 9.47 Å². The molecule has 0 amide bonds. The van der Waals surface area contributed by atoms with Gasteiger partial charge in [-0.3, -0.25) is 0 Å². The van der Waals surface area contributed by atoms with E-state index >= 15 is 0 Å². The fourth-order valence-corrected chi connectivity index (χ4v) is 2.23. The normalized spacial score (nSPS) is 19.5. The third kappa shape index (κ3) is 5.31.